The fourth-order valence-electron chi connectivity index (χ4n) is 2.71. The first-order chi connectivity index (χ1) is 11.2. The van der Waals surface area contributed by atoms with E-state index >= 15 is 0 Å². The Hall–Kier alpha value is -2.08. The normalized spacial score (nSPS) is 15.3. The Labute approximate surface area is 139 Å². The Balaban J connectivity index is 1.63. The first kappa shape index (κ1) is 15.8. The second-order valence-electron chi connectivity index (χ2n) is 5.71. The first-order valence-electron chi connectivity index (χ1n) is 7.91. The zero-order chi connectivity index (χ0) is 16.1. The van der Waals surface area contributed by atoms with Crippen LogP contribution in [-0.2, 0) is 6.54 Å². The van der Waals surface area contributed by atoms with Gasteiger partial charge in [0.05, 0.1) is 11.9 Å². The lowest BCUT2D eigenvalue weighted by Gasteiger charge is -2.21. The number of hydrogen-bond donors (Lipinski definition) is 2. The smallest absolute Gasteiger partial charge is 0.285 e. The minimum absolute atomic E-state index is 0.120. The quantitative estimate of drug-likeness (QED) is 0.900. The Kier molecular flexibility index (Phi) is 5.12. The molecule has 0 aromatic carbocycles. The van der Waals surface area contributed by atoms with Gasteiger partial charge >= 0.3 is 0 Å². The molecule has 0 saturated carbocycles. The number of pyridine rings is 1. The highest BCUT2D eigenvalue weighted by molar-refractivity contribution is 6.32. The van der Waals surface area contributed by atoms with Gasteiger partial charge in [-0.25, -0.2) is 10.1 Å². The number of anilines is 2. The lowest BCUT2D eigenvalue weighted by molar-refractivity contribution is 0.726. The first-order valence-corrected chi connectivity index (χ1v) is 8.29. The number of aromatic nitrogens is 3. The van der Waals surface area contributed by atoms with Gasteiger partial charge in [0.2, 0.25) is 0 Å². The molecule has 0 radical (unpaired) electrons. The number of nitrogens with zero attached hydrogens (tertiary/aromatic N) is 3. The van der Waals surface area contributed by atoms with Crippen LogP contribution in [0.1, 0.15) is 31.2 Å². The zero-order valence-corrected chi connectivity index (χ0v) is 13.6. The van der Waals surface area contributed by atoms with Crippen LogP contribution < -0.4 is 15.8 Å². The molecular weight excluding hydrogens is 314 g/mol. The SMILES string of the molecule is O=c1[nH]ncc(NCc2ccc(N3CCCCCC3)nc2)c1Cl. The van der Waals surface area contributed by atoms with Crippen LogP contribution in [0, 0.1) is 0 Å². The standard InChI is InChI=1S/C16H20ClN5O/c17-15-13(11-20-21-16(15)23)18-9-12-5-6-14(19-10-12)22-7-3-1-2-4-8-22/h5-6,10-11H,1-4,7-9H2,(H2,18,21,23). The zero-order valence-electron chi connectivity index (χ0n) is 12.9. The molecule has 23 heavy (non-hydrogen) atoms. The highest BCUT2D eigenvalue weighted by Gasteiger charge is 2.11. The number of rotatable bonds is 4. The molecule has 2 aromatic heterocycles. The van der Waals surface area contributed by atoms with Crippen molar-refractivity contribution in [3.63, 3.8) is 0 Å². The van der Waals surface area contributed by atoms with Gasteiger partial charge in [-0.15, -0.1) is 0 Å². The van der Waals surface area contributed by atoms with Gasteiger partial charge in [-0.05, 0) is 24.5 Å². The van der Waals surface area contributed by atoms with Crippen LogP contribution in [0.5, 0.6) is 0 Å². The summed E-state index contributed by atoms with van der Waals surface area (Å²) in [6.07, 6.45) is 8.45. The monoisotopic (exact) mass is 333 g/mol. The van der Waals surface area contributed by atoms with E-state index in [9.17, 15) is 4.79 Å². The summed E-state index contributed by atoms with van der Waals surface area (Å²) in [7, 11) is 0. The molecule has 122 valence electrons. The Morgan fingerprint density at radius 2 is 1.96 bits per heavy atom. The second-order valence-corrected chi connectivity index (χ2v) is 6.08. The summed E-state index contributed by atoms with van der Waals surface area (Å²) in [5, 5.41) is 9.26. The summed E-state index contributed by atoms with van der Waals surface area (Å²) in [5.41, 5.74) is 1.15. The molecule has 3 heterocycles. The molecule has 0 aliphatic carbocycles. The average molecular weight is 334 g/mol. The highest BCUT2D eigenvalue weighted by atomic mass is 35.5. The van der Waals surface area contributed by atoms with E-state index < -0.39 is 5.56 Å². The number of aromatic amines is 1. The summed E-state index contributed by atoms with van der Waals surface area (Å²) >= 11 is 5.93. The molecular formula is C16H20ClN5O. The van der Waals surface area contributed by atoms with Crippen LogP contribution in [0.25, 0.3) is 0 Å². The van der Waals surface area contributed by atoms with Gasteiger partial charge in [-0.2, -0.15) is 5.10 Å². The van der Waals surface area contributed by atoms with Crippen molar-refractivity contribution >= 4 is 23.1 Å². The van der Waals surface area contributed by atoms with Crippen molar-refractivity contribution in [3.8, 4) is 0 Å². The van der Waals surface area contributed by atoms with Crippen molar-refractivity contribution in [1.29, 1.82) is 0 Å². The van der Waals surface area contributed by atoms with E-state index in [1.807, 2.05) is 6.20 Å². The van der Waals surface area contributed by atoms with Gasteiger partial charge in [-0.3, -0.25) is 4.79 Å². The Morgan fingerprint density at radius 3 is 2.65 bits per heavy atom. The average Bonchev–Trinajstić information content (AvgIpc) is 2.86. The number of hydrogen-bond acceptors (Lipinski definition) is 5. The molecule has 0 bridgehead atoms. The van der Waals surface area contributed by atoms with Gasteiger partial charge in [0, 0.05) is 25.8 Å². The molecule has 3 rings (SSSR count). The van der Waals surface area contributed by atoms with Gasteiger partial charge in [0.1, 0.15) is 10.8 Å². The summed E-state index contributed by atoms with van der Waals surface area (Å²) in [5.74, 6) is 1.03. The molecule has 1 aliphatic heterocycles. The van der Waals surface area contributed by atoms with Crippen LogP contribution in [0.3, 0.4) is 0 Å². The maximum Gasteiger partial charge on any atom is 0.285 e. The molecule has 0 unspecified atom stereocenters. The Morgan fingerprint density at radius 1 is 1.17 bits per heavy atom. The van der Waals surface area contributed by atoms with Crippen LogP contribution in [0.15, 0.2) is 29.3 Å². The van der Waals surface area contributed by atoms with Crippen LogP contribution in [-0.4, -0.2) is 28.3 Å². The molecule has 2 N–H and O–H groups in total. The maximum atomic E-state index is 11.4. The van der Waals surface area contributed by atoms with Crippen molar-refractivity contribution in [2.45, 2.75) is 32.2 Å². The highest BCUT2D eigenvalue weighted by Crippen LogP contribution is 2.19. The Bertz CT molecular complexity index is 692. The van der Waals surface area contributed by atoms with Gasteiger partial charge in [-0.1, -0.05) is 30.5 Å². The van der Waals surface area contributed by atoms with Crippen molar-refractivity contribution in [1.82, 2.24) is 15.2 Å². The van der Waals surface area contributed by atoms with Gasteiger partial charge in [0.15, 0.2) is 0 Å². The van der Waals surface area contributed by atoms with Crippen LogP contribution in [0.4, 0.5) is 11.5 Å². The predicted octanol–water partition coefficient (Wildman–Crippen LogP) is 2.81. The summed E-state index contributed by atoms with van der Waals surface area (Å²) in [6, 6.07) is 4.11. The number of halogens is 1. The van der Waals surface area contributed by atoms with E-state index in [4.69, 9.17) is 11.6 Å². The van der Waals surface area contributed by atoms with Gasteiger partial charge < -0.3 is 10.2 Å². The van der Waals surface area contributed by atoms with Crippen LogP contribution >= 0.6 is 11.6 Å². The largest absolute Gasteiger partial charge is 0.378 e. The topological polar surface area (TPSA) is 73.9 Å². The molecule has 0 atom stereocenters. The minimum Gasteiger partial charge on any atom is -0.378 e. The van der Waals surface area contributed by atoms with E-state index in [-0.39, 0.29) is 5.02 Å². The van der Waals surface area contributed by atoms with E-state index in [0.29, 0.717) is 12.2 Å². The minimum atomic E-state index is -0.397. The summed E-state index contributed by atoms with van der Waals surface area (Å²) in [6.45, 7) is 2.70. The van der Waals surface area contributed by atoms with Crippen molar-refractivity contribution < 1.29 is 0 Å². The van der Waals surface area contributed by atoms with E-state index in [1.54, 1.807) is 0 Å². The lowest BCUT2D eigenvalue weighted by atomic mass is 10.2. The third kappa shape index (κ3) is 4.01. The third-order valence-electron chi connectivity index (χ3n) is 4.02. The van der Waals surface area contributed by atoms with Crippen molar-refractivity contribution in [2.24, 2.45) is 0 Å². The number of H-pyrrole nitrogens is 1. The molecule has 7 heteroatoms. The van der Waals surface area contributed by atoms with E-state index in [0.717, 1.165) is 24.5 Å². The summed E-state index contributed by atoms with van der Waals surface area (Å²) in [4.78, 5) is 18.3. The lowest BCUT2D eigenvalue weighted by Crippen LogP contribution is -2.24. The van der Waals surface area contributed by atoms with Crippen molar-refractivity contribution in [2.75, 3.05) is 23.3 Å². The third-order valence-corrected chi connectivity index (χ3v) is 4.39. The van der Waals surface area contributed by atoms with E-state index in [1.165, 1.54) is 31.9 Å². The van der Waals surface area contributed by atoms with Crippen LogP contribution in [0.2, 0.25) is 5.02 Å². The van der Waals surface area contributed by atoms with Crippen molar-refractivity contribution in [3.05, 3.63) is 45.5 Å². The fourth-order valence-corrected chi connectivity index (χ4v) is 2.87. The molecule has 1 saturated heterocycles. The van der Waals surface area contributed by atoms with E-state index in [2.05, 4.69) is 37.5 Å². The molecule has 2 aromatic rings. The molecule has 1 aliphatic rings. The predicted molar refractivity (Wildman–Crippen MR) is 92.1 cm³/mol. The molecule has 0 amide bonds. The van der Waals surface area contributed by atoms with Gasteiger partial charge in [0.25, 0.3) is 5.56 Å². The second kappa shape index (κ2) is 7.46. The summed E-state index contributed by atoms with van der Waals surface area (Å²) < 4.78 is 0. The number of nitrogens with one attached hydrogen (secondary N) is 2. The molecule has 1 fully saturated rings. The molecule has 6 nitrogen and oxygen atoms in total. The maximum absolute atomic E-state index is 11.4. The fraction of sp³-hybridized carbons (Fsp3) is 0.438. The molecule has 0 spiro atoms.